The number of ether oxygens (including phenoxy) is 1. The highest BCUT2D eigenvalue weighted by Crippen LogP contribution is 2.26. The molecule has 0 saturated heterocycles. The number of hydrogen-bond acceptors (Lipinski definition) is 2. The van der Waals surface area contributed by atoms with Crippen LogP contribution in [0.15, 0.2) is 35.1 Å². The van der Waals surface area contributed by atoms with Crippen LogP contribution in [-0.4, -0.2) is 16.7 Å². The summed E-state index contributed by atoms with van der Waals surface area (Å²) in [6.45, 7) is 2.59. The molecule has 1 aliphatic carbocycles. The lowest BCUT2D eigenvalue weighted by Gasteiger charge is -2.09. The number of methoxy groups -OCH3 is 1. The number of fused-ring (bicyclic) bond motifs is 2. The summed E-state index contributed by atoms with van der Waals surface area (Å²) in [4.78, 5) is 15.4. The number of nitrogens with one attached hydrogen (secondary N) is 1. The molecular formula is C19H20N2O2. The number of imidazole rings is 1. The minimum absolute atomic E-state index is 0.0443. The summed E-state index contributed by atoms with van der Waals surface area (Å²) in [6, 6.07) is 10.4. The predicted molar refractivity (Wildman–Crippen MR) is 91.4 cm³/mol. The van der Waals surface area contributed by atoms with Crippen LogP contribution in [0.2, 0.25) is 0 Å². The van der Waals surface area contributed by atoms with Crippen LogP contribution in [0.1, 0.15) is 28.7 Å². The summed E-state index contributed by atoms with van der Waals surface area (Å²) < 4.78 is 7.13. The number of rotatable bonds is 3. The summed E-state index contributed by atoms with van der Waals surface area (Å²) in [7, 11) is 1.67. The van der Waals surface area contributed by atoms with Crippen molar-refractivity contribution < 1.29 is 4.74 Å². The van der Waals surface area contributed by atoms with Crippen molar-refractivity contribution in [3.63, 3.8) is 0 Å². The van der Waals surface area contributed by atoms with Crippen LogP contribution in [-0.2, 0) is 19.4 Å². The number of nitrogens with zero attached hydrogens (tertiary/aromatic N) is 1. The van der Waals surface area contributed by atoms with E-state index in [1.807, 2.05) is 23.6 Å². The van der Waals surface area contributed by atoms with Gasteiger partial charge in [-0.2, -0.15) is 0 Å². The van der Waals surface area contributed by atoms with Crippen molar-refractivity contribution in [2.75, 3.05) is 7.11 Å². The van der Waals surface area contributed by atoms with E-state index >= 15 is 0 Å². The molecule has 3 aromatic rings. The number of H-pyrrole nitrogens is 1. The van der Waals surface area contributed by atoms with Crippen LogP contribution in [0.3, 0.4) is 0 Å². The zero-order valence-electron chi connectivity index (χ0n) is 13.5. The summed E-state index contributed by atoms with van der Waals surface area (Å²) >= 11 is 0. The molecule has 0 bridgehead atoms. The van der Waals surface area contributed by atoms with Crippen molar-refractivity contribution in [1.29, 1.82) is 0 Å². The third kappa shape index (κ3) is 2.34. The van der Waals surface area contributed by atoms with Crippen molar-refractivity contribution >= 4 is 11.0 Å². The summed E-state index contributed by atoms with van der Waals surface area (Å²) in [5.41, 5.74) is 6.86. The topological polar surface area (TPSA) is 47.0 Å². The van der Waals surface area contributed by atoms with Gasteiger partial charge in [0.15, 0.2) is 0 Å². The lowest BCUT2D eigenvalue weighted by Crippen LogP contribution is -2.17. The molecular weight excluding hydrogens is 288 g/mol. The standard InChI is InChI=1S/C19H20N2O2/c1-12-8-13(6-7-18(12)23-2)11-21-17-10-15-5-3-4-14(15)9-16(17)20-19(21)22/h6-10H,3-5,11H2,1-2H3,(H,20,22). The maximum Gasteiger partial charge on any atom is 0.326 e. The second-order valence-corrected chi connectivity index (χ2v) is 6.31. The monoisotopic (exact) mass is 308 g/mol. The molecule has 0 amide bonds. The first kappa shape index (κ1) is 14.1. The Hall–Kier alpha value is -2.49. The highest BCUT2D eigenvalue weighted by molar-refractivity contribution is 5.78. The van der Waals surface area contributed by atoms with Crippen LogP contribution in [0.25, 0.3) is 11.0 Å². The van der Waals surface area contributed by atoms with E-state index in [1.54, 1.807) is 7.11 Å². The third-order valence-electron chi connectivity index (χ3n) is 4.79. The Kier molecular flexibility index (Phi) is 3.26. The molecule has 2 aromatic carbocycles. The van der Waals surface area contributed by atoms with E-state index in [2.05, 4.69) is 23.2 Å². The fourth-order valence-corrected chi connectivity index (χ4v) is 3.61. The fourth-order valence-electron chi connectivity index (χ4n) is 3.61. The predicted octanol–water partition coefficient (Wildman–Crippen LogP) is 3.18. The smallest absolute Gasteiger partial charge is 0.326 e. The molecule has 1 aromatic heterocycles. The molecule has 0 atom stereocenters. The molecule has 1 aliphatic rings. The molecule has 0 aliphatic heterocycles. The normalized spacial score (nSPS) is 13.5. The van der Waals surface area contributed by atoms with Gasteiger partial charge >= 0.3 is 5.69 Å². The Morgan fingerprint density at radius 1 is 1.17 bits per heavy atom. The second-order valence-electron chi connectivity index (χ2n) is 6.31. The van der Waals surface area contributed by atoms with Crippen LogP contribution in [0.4, 0.5) is 0 Å². The van der Waals surface area contributed by atoms with Gasteiger partial charge in [0, 0.05) is 0 Å². The van der Waals surface area contributed by atoms with E-state index in [0.29, 0.717) is 6.54 Å². The van der Waals surface area contributed by atoms with Gasteiger partial charge in [-0.3, -0.25) is 4.57 Å². The first-order valence-electron chi connectivity index (χ1n) is 8.03. The molecule has 118 valence electrons. The van der Waals surface area contributed by atoms with E-state index in [9.17, 15) is 4.79 Å². The van der Waals surface area contributed by atoms with Gasteiger partial charge in [0.05, 0.1) is 24.7 Å². The SMILES string of the molecule is COc1ccc(Cn2c(=O)[nH]c3cc4c(cc32)CCC4)cc1C. The van der Waals surface area contributed by atoms with Gasteiger partial charge in [-0.1, -0.05) is 12.1 Å². The van der Waals surface area contributed by atoms with Crippen LogP contribution in [0.5, 0.6) is 5.75 Å². The summed E-state index contributed by atoms with van der Waals surface area (Å²) in [6.07, 6.45) is 3.45. The molecule has 0 fully saturated rings. The summed E-state index contributed by atoms with van der Waals surface area (Å²) in [5, 5.41) is 0. The lowest BCUT2D eigenvalue weighted by atomic mass is 10.1. The van der Waals surface area contributed by atoms with Gasteiger partial charge < -0.3 is 9.72 Å². The minimum Gasteiger partial charge on any atom is -0.496 e. The molecule has 4 rings (SSSR count). The van der Waals surface area contributed by atoms with Crippen molar-refractivity contribution in [2.24, 2.45) is 0 Å². The first-order valence-corrected chi connectivity index (χ1v) is 8.03. The Morgan fingerprint density at radius 2 is 1.96 bits per heavy atom. The van der Waals surface area contributed by atoms with Gasteiger partial charge in [-0.15, -0.1) is 0 Å². The van der Waals surface area contributed by atoms with Gasteiger partial charge in [0.1, 0.15) is 5.75 Å². The van der Waals surface area contributed by atoms with E-state index in [-0.39, 0.29) is 5.69 Å². The van der Waals surface area contributed by atoms with Gasteiger partial charge in [0.25, 0.3) is 0 Å². The molecule has 0 saturated carbocycles. The lowest BCUT2D eigenvalue weighted by molar-refractivity contribution is 0.411. The molecule has 4 heteroatoms. The average molecular weight is 308 g/mol. The molecule has 0 spiro atoms. The zero-order valence-corrected chi connectivity index (χ0v) is 13.5. The Labute approximate surface area is 134 Å². The number of aromatic nitrogens is 2. The molecule has 23 heavy (non-hydrogen) atoms. The van der Waals surface area contributed by atoms with Gasteiger partial charge in [0.2, 0.25) is 0 Å². The maximum absolute atomic E-state index is 12.4. The fraction of sp³-hybridized carbons (Fsp3) is 0.316. The van der Waals surface area contributed by atoms with Gasteiger partial charge in [-0.25, -0.2) is 4.79 Å². The first-order chi connectivity index (χ1) is 11.2. The van der Waals surface area contributed by atoms with Crippen LogP contribution >= 0.6 is 0 Å². The van der Waals surface area contributed by atoms with E-state index in [0.717, 1.165) is 40.8 Å². The zero-order chi connectivity index (χ0) is 16.0. The molecule has 1 N–H and O–H groups in total. The highest BCUT2D eigenvalue weighted by Gasteiger charge is 2.15. The van der Waals surface area contributed by atoms with Crippen molar-refractivity contribution in [3.05, 3.63) is 63.1 Å². The number of aryl methyl sites for hydroxylation is 3. The number of aromatic amines is 1. The number of benzene rings is 2. The quantitative estimate of drug-likeness (QED) is 0.808. The van der Waals surface area contributed by atoms with Crippen LogP contribution in [0, 0.1) is 6.92 Å². The van der Waals surface area contributed by atoms with Crippen molar-refractivity contribution in [3.8, 4) is 5.75 Å². The van der Waals surface area contributed by atoms with E-state index in [4.69, 9.17) is 4.74 Å². The maximum atomic E-state index is 12.4. The van der Waals surface area contributed by atoms with E-state index in [1.165, 1.54) is 17.5 Å². The van der Waals surface area contributed by atoms with Gasteiger partial charge in [-0.05, 0) is 66.6 Å². The molecule has 4 nitrogen and oxygen atoms in total. The number of hydrogen-bond donors (Lipinski definition) is 1. The largest absolute Gasteiger partial charge is 0.496 e. The van der Waals surface area contributed by atoms with E-state index < -0.39 is 0 Å². The minimum atomic E-state index is -0.0443. The molecule has 1 heterocycles. The van der Waals surface area contributed by atoms with Crippen LogP contribution < -0.4 is 10.4 Å². The van der Waals surface area contributed by atoms with Crippen molar-refractivity contribution in [1.82, 2.24) is 9.55 Å². The second kappa shape index (κ2) is 5.30. The Bertz CT molecular complexity index is 950. The Balaban J connectivity index is 1.78. The Morgan fingerprint density at radius 3 is 2.70 bits per heavy atom. The summed E-state index contributed by atoms with van der Waals surface area (Å²) in [5.74, 6) is 0.873. The average Bonchev–Trinajstić information content (AvgIpc) is 3.10. The third-order valence-corrected chi connectivity index (χ3v) is 4.79. The highest BCUT2D eigenvalue weighted by atomic mass is 16.5. The molecule has 0 radical (unpaired) electrons. The molecule has 0 unspecified atom stereocenters. The van der Waals surface area contributed by atoms with Crippen molar-refractivity contribution in [2.45, 2.75) is 32.7 Å².